The Bertz CT molecular complexity index is 397. The van der Waals surface area contributed by atoms with Gasteiger partial charge in [-0.15, -0.1) is 0 Å². The SMILES string of the molecule is CC1C(NCC2CNC(=O)O2)CCC(C(=O)O)C1(C)C. The molecule has 1 amide bonds. The van der Waals surface area contributed by atoms with Gasteiger partial charge in [-0.1, -0.05) is 20.8 Å². The van der Waals surface area contributed by atoms with Gasteiger partial charge in [-0.3, -0.25) is 4.79 Å². The van der Waals surface area contributed by atoms with Gasteiger partial charge in [0, 0.05) is 12.6 Å². The number of carbonyl (C=O) groups excluding carboxylic acids is 1. The van der Waals surface area contributed by atoms with Gasteiger partial charge in [-0.2, -0.15) is 0 Å². The van der Waals surface area contributed by atoms with E-state index in [4.69, 9.17) is 4.74 Å². The molecule has 2 aliphatic rings. The number of carbonyl (C=O) groups is 2. The third-order valence-corrected chi connectivity index (χ3v) is 5.10. The van der Waals surface area contributed by atoms with E-state index in [9.17, 15) is 14.7 Å². The van der Waals surface area contributed by atoms with E-state index in [-0.39, 0.29) is 35.5 Å². The molecule has 2 rings (SSSR count). The van der Waals surface area contributed by atoms with Crippen molar-refractivity contribution in [1.82, 2.24) is 10.6 Å². The molecule has 6 heteroatoms. The molecule has 4 atom stereocenters. The number of aliphatic carboxylic acids is 1. The summed E-state index contributed by atoms with van der Waals surface area (Å²) in [6.45, 7) is 7.31. The minimum atomic E-state index is -0.700. The molecule has 2 fully saturated rings. The van der Waals surface area contributed by atoms with Crippen LogP contribution in [0.2, 0.25) is 0 Å². The summed E-state index contributed by atoms with van der Waals surface area (Å²) in [6, 6.07) is 0.264. The van der Waals surface area contributed by atoms with Gasteiger partial charge >= 0.3 is 12.1 Å². The average molecular weight is 284 g/mol. The highest BCUT2D eigenvalue weighted by Gasteiger charge is 2.46. The van der Waals surface area contributed by atoms with Crippen molar-refractivity contribution in [3.63, 3.8) is 0 Å². The number of hydrogen-bond acceptors (Lipinski definition) is 4. The van der Waals surface area contributed by atoms with Crippen LogP contribution in [0.3, 0.4) is 0 Å². The zero-order valence-corrected chi connectivity index (χ0v) is 12.3. The first-order valence-corrected chi connectivity index (χ1v) is 7.23. The van der Waals surface area contributed by atoms with Gasteiger partial charge in [0.1, 0.15) is 6.10 Å². The second-order valence-electron chi connectivity index (χ2n) is 6.50. The lowest BCUT2D eigenvalue weighted by Gasteiger charge is -2.46. The van der Waals surface area contributed by atoms with Gasteiger partial charge in [0.2, 0.25) is 0 Å². The fourth-order valence-electron chi connectivity index (χ4n) is 3.35. The largest absolute Gasteiger partial charge is 0.481 e. The Kier molecular flexibility index (Phi) is 4.22. The molecular weight excluding hydrogens is 260 g/mol. The number of amides is 1. The Labute approximate surface area is 119 Å². The van der Waals surface area contributed by atoms with Crippen molar-refractivity contribution >= 4 is 12.1 Å². The highest BCUT2D eigenvalue weighted by atomic mass is 16.6. The molecule has 20 heavy (non-hydrogen) atoms. The summed E-state index contributed by atoms with van der Waals surface area (Å²) in [5, 5.41) is 15.4. The van der Waals surface area contributed by atoms with E-state index < -0.39 is 5.97 Å². The van der Waals surface area contributed by atoms with Crippen molar-refractivity contribution in [2.24, 2.45) is 17.3 Å². The number of rotatable bonds is 4. The summed E-state index contributed by atoms with van der Waals surface area (Å²) < 4.78 is 5.09. The second-order valence-corrected chi connectivity index (χ2v) is 6.50. The van der Waals surface area contributed by atoms with Crippen LogP contribution in [0.25, 0.3) is 0 Å². The number of nitrogens with one attached hydrogen (secondary N) is 2. The predicted octanol–water partition coefficient (Wildman–Crippen LogP) is 1.21. The van der Waals surface area contributed by atoms with Crippen LogP contribution in [-0.2, 0) is 9.53 Å². The highest BCUT2D eigenvalue weighted by molar-refractivity contribution is 5.71. The number of carboxylic acids is 1. The van der Waals surface area contributed by atoms with Crippen molar-refractivity contribution in [3.05, 3.63) is 0 Å². The predicted molar refractivity (Wildman–Crippen MR) is 73.4 cm³/mol. The van der Waals surface area contributed by atoms with Gasteiger partial charge < -0.3 is 20.5 Å². The van der Waals surface area contributed by atoms with E-state index in [2.05, 4.69) is 17.6 Å². The van der Waals surface area contributed by atoms with Crippen LogP contribution in [0, 0.1) is 17.3 Å². The van der Waals surface area contributed by atoms with E-state index in [0.29, 0.717) is 19.5 Å². The zero-order valence-electron chi connectivity index (χ0n) is 12.3. The molecule has 0 spiro atoms. The Morgan fingerprint density at radius 3 is 2.75 bits per heavy atom. The Balaban J connectivity index is 1.91. The molecule has 3 N–H and O–H groups in total. The molecule has 0 bridgehead atoms. The van der Waals surface area contributed by atoms with Crippen molar-refractivity contribution in [1.29, 1.82) is 0 Å². The molecule has 1 aliphatic heterocycles. The van der Waals surface area contributed by atoms with Crippen molar-refractivity contribution < 1.29 is 19.4 Å². The van der Waals surface area contributed by atoms with E-state index in [1.165, 1.54) is 0 Å². The third-order valence-electron chi connectivity index (χ3n) is 5.10. The van der Waals surface area contributed by atoms with E-state index >= 15 is 0 Å². The highest BCUT2D eigenvalue weighted by Crippen LogP contribution is 2.45. The molecule has 6 nitrogen and oxygen atoms in total. The Morgan fingerprint density at radius 1 is 1.50 bits per heavy atom. The van der Waals surface area contributed by atoms with Gasteiger partial charge in [0.25, 0.3) is 0 Å². The van der Waals surface area contributed by atoms with E-state index in [1.807, 2.05) is 13.8 Å². The van der Waals surface area contributed by atoms with Crippen LogP contribution in [0.15, 0.2) is 0 Å². The lowest BCUT2D eigenvalue weighted by atomic mass is 9.61. The maximum atomic E-state index is 11.3. The van der Waals surface area contributed by atoms with Crippen LogP contribution < -0.4 is 10.6 Å². The first-order valence-electron chi connectivity index (χ1n) is 7.23. The maximum absolute atomic E-state index is 11.3. The lowest BCUT2D eigenvalue weighted by Crippen LogP contribution is -2.52. The molecule has 0 aromatic heterocycles. The third kappa shape index (κ3) is 2.90. The first-order chi connectivity index (χ1) is 9.32. The lowest BCUT2D eigenvalue weighted by molar-refractivity contribution is -0.150. The van der Waals surface area contributed by atoms with E-state index in [0.717, 1.165) is 6.42 Å². The topological polar surface area (TPSA) is 87.7 Å². The van der Waals surface area contributed by atoms with Crippen molar-refractivity contribution in [2.45, 2.75) is 45.8 Å². The van der Waals surface area contributed by atoms with Crippen LogP contribution in [0.4, 0.5) is 4.79 Å². The summed E-state index contributed by atoms with van der Waals surface area (Å²) in [7, 11) is 0. The van der Waals surface area contributed by atoms with Gasteiger partial charge in [-0.25, -0.2) is 4.79 Å². The first kappa shape index (κ1) is 15.1. The van der Waals surface area contributed by atoms with E-state index in [1.54, 1.807) is 0 Å². The number of hydrogen-bond donors (Lipinski definition) is 3. The van der Waals surface area contributed by atoms with Crippen molar-refractivity contribution in [2.75, 3.05) is 13.1 Å². The zero-order chi connectivity index (χ0) is 14.9. The summed E-state index contributed by atoms with van der Waals surface area (Å²) in [5.74, 6) is -0.738. The van der Waals surface area contributed by atoms with Gasteiger partial charge in [0.05, 0.1) is 12.5 Å². The van der Waals surface area contributed by atoms with Crippen LogP contribution in [-0.4, -0.2) is 42.4 Å². The molecule has 0 radical (unpaired) electrons. The maximum Gasteiger partial charge on any atom is 0.407 e. The minimum Gasteiger partial charge on any atom is -0.481 e. The quantitative estimate of drug-likeness (QED) is 0.722. The summed E-state index contributed by atoms with van der Waals surface area (Å²) in [4.78, 5) is 22.3. The molecule has 0 aromatic rings. The summed E-state index contributed by atoms with van der Waals surface area (Å²) >= 11 is 0. The number of alkyl carbamates (subject to hydrolysis) is 1. The Hall–Kier alpha value is -1.30. The molecule has 1 aliphatic carbocycles. The average Bonchev–Trinajstić information content (AvgIpc) is 2.76. The molecule has 1 saturated heterocycles. The second kappa shape index (κ2) is 5.60. The molecule has 1 heterocycles. The fraction of sp³-hybridized carbons (Fsp3) is 0.857. The molecule has 0 aromatic carbocycles. The molecule has 114 valence electrons. The Morgan fingerprint density at radius 2 is 2.20 bits per heavy atom. The summed E-state index contributed by atoms with van der Waals surface area (Å²) in [6.07, 6.45) is 1.04. The van der Waals surface area contributed by atoms with Crippen LogP contribution in [0.5, 0.6) is 0 Å². The fourth-order valence-corrected chi connectivity index (χ4v) is 3.35. The minimum absolute atomic E-state index is 0.130. The van der Waals surface area contributed by atoms with Gasteiger partial charge in [0.15, 0.2) is 0 Å². The molecule has 4 unspecified atom stereocenters. The molecular formula is C14H24N2O4. The van der Waals surface area contributed by atoms with Crippen molar-refractivity contribution in [3.8, 4) is 0 Å². The summed E-state index contributed by atoms with van der Waals surface area (Å²) in [5.41, 5.74) is -0.244. The normalized spacial score (nSPS) is 36.2. The number of ether oxygens (including phenoxy) is 1. The van der Waals surface area contributed by atoms with Crippen LogP contribution in [0.1, 0.15) is 33.6 Å². The van der Waals surface area contributed by atoms with Gasteiger partial charge in [-0.05, 0) is 24.2 Å². The molecule has 1 saturated carbocycles. The number of cyclic esters (lactones) is 1. The number of carboxylic acid groups (broad SMARTS) is 1. The monoisotopic (exact) mass is 284 g/mol. The smallest absolute Gasteiger partial charge is 0.407 e. The van der Waals surface area contributed by atoms with Crippen LogP contribution >= 0.6 is 0 Å². The standard InChI is InChI=1S/C14H24N2O4/c1-8-11(15-6-9-7-16-13(19)20-9)5-4-10(12(17)18)14(8,2)3/h8-11,15H,4-7H2,1-3H3,(H,16,19)(H,17,18).